The number of nitrogens with one attached hydrogen (secondary N) is 1. The molecule has 34 heavy (non-hydrogen) atoms. The van der Waals surface area contributed by atoms with Crippen LogP contribution in [0.2, 0.25) is 0 Å². The second kappa shape index (κ2) is 9.60. The molecule has 1 aromatic carbocycles. The molecule has 3 aromatic rings. The summed E-state index contributed by atoms with van der Waals surface area (Å²) in [5.74, 6) is 0.536. The van der Waals surface area contributed by atoms with Crippen LogP contribution in [-0.4, -0.2) is 43.9 Å². The normalized spacial score (nSPS) is 17.4. The van der Waals surface area contributed by atoms with Crippen LogP contribution < -0.4 is 10.9 Å². The summed E-state index contributed by atoms with van der Waals surface area (Å²) in [7, 11) is 0. The van der Waals surface area contributed by atoms with Gasteiger partial charge in [0.15, 0.2) is 0 Å². The maximum absolute atomic E-state index is 13.1. The van der Waals surface area contributed by atoms with Gasteiger partial charge in [0.05, 0.1) is 29.2 Å². The van der Waals surface area contributed by atoms with E-state index < -0.39 is 6.04 Å². The Balaban J connectivity index is 1.26. The zero-order valence-electron chi connectivity index (χ0n) is 18.5. The first kappa shape index (κ1) is 22.6. The first-order valence-corrected chi connectivity index (χ1v) is 13.2. The van der Waals surface area contributed by atoms with Crippen LogP contribution >= 0.6 is 23.1 Å². The fourth-order valence-corrected chi connectivity index (χ4v) is 6.86. The van der Waals surface area contributed by atoms with Crippen LogP contribution in [-0.2, 0) is 29.0 Å². The average Bonchev–Trinajstić information content (AvgIpc) is 3.49. The van der Waals surface area contributed by atoms with Gasteiger partial charge in [-0.25, -0.2) is 4.98 Å². The number of nitrogens with zero attached hydrogens (tertiary/aromatic N) is 4. The maximum Gasteiger partial charge on any atom is 0.262 e. The number of hydrogen-bond acceptors (Lipinski definition) is 7. The van der Waals surface area contributed by atoms with Gasteiger partial charge in [0, 0.05) is 29.3 Å². The molecule has 3 heterocycles. The lowest BCUT2D eigenvalue weighted by Crippen LogP contribution is -2.44. The Labute approximate surface area is 204 Å². The molecule has 0 bridgehead atoms. The molecule has 2 aromatic heterocycles. The third-order valence-electron chi connectivity index (χ3n) is 6.30. The van der Waals surface area contributed by atoms with Crippen LogP contribution in [0.25, 0.3) is 10.2 Å². The number of rotatable bonds is 5. The molecule has 1 aliphatic carbocycles. The van der Waals surface area contributed by atoms with Crippen molar-refractivity contribution in [2.75, 3.05) is 16.9 Å². The summed E-state index contributed by atoms with van der Waals surface area (Å²) >= 11 is 3.14. The Morgan fingerprint density at radius 3 is 2.79 bits per heavy atom. The van der Waals surface area contributed by atoms with Gasteiger partial charge in [-0.05, 0) is 55.5 Å². The van der Waals surface area contributed by atoms with Crippen molar-refractivity contribution in [1.29, 1.82) is 5.26 Å². The molecule has 1 atom stereocenters. The van der Waals surface area contributed by atoms with E-state index in [9.17, 15) is 14.4 Å². The monoisotopic (exact) mass is 493 g/mol. The molecule has 5 rings (SSSR count). The SMILES string of the molecule is N#Cc1ccc(NC(=O)C2CSCN2C(=O)CCn2cnc3sc4c(c3c2=O)CCCC4)cc1. The number of amides is 2. The lowest BCUT2D eigenvalue weighted by atomic mass is 9.97. The molecule has 0 spiro atoms. The predicted octanol–water partition coefficient (Wildman–Crippen LogP) is 3.14. The molecule has 174 valence electrons. The van der Waals surface area contributed by atoms with Crippen LogP contribution in [0.1, 0.15) is 35.3 Å². The van der Waals surface area contributed by atoms with E-state index in [1.165, 1.54) is 27.5 Å². The summed E-state index contributed by atoms with van der Waals surface area (Å²) in [5, 5.41) is 12.5. The van der Waals surface area contributed by atoms with Gasteiger partial charge in [0.25, 0.3) is 5.56 Å². The topological polar surface area (TPSA) is 108 Å². The van der Waals surface area contributed by atoms with E-state index in [1.54, 1.807) is 40.5 Å². The maximum atomic E-state index is 13.1. The Hall–Kier alpha value is -3.16. The zero-order valence-corrected chi connectivity index (χ0v) is 20.1. The van der Waals surface area contributed by atoms with Crippen molar-refractivity contribution in [3.63, 3.8) is 0 Å². The van der Waals surface area contributed by atoms with Gasteiger partial charge in [-0.1, -0.05) is 0 Å². The van der Waals surface area contributed by atoms with Crippen molar-refractivity contribution in [3.8, 4) is 6.07 Å². The fraction of sp³-hybridized carbons (Fsp3) is 0.375. The van der Waals surface area contributed by atoms with Gasteiger partial charge in [0.1, 0.15) is 10.9 Å². The standard InChI is InChI=1S/C24H23N5O3S2/c25-11-15-5-7-16(8-6-15)27-22(31)18-12-33-14-29(18)20(30)9-10-28-13-26-23-21(24(28)32)17-3-1-2-4-19(17)34-23/h5-8,13,18H,1-4,9-10,12,14H2,(H,27,31). The quantitative estimate of drug-likeness (QED) is 0.585. The largest absolute Gasteiger partial charge is 0.324 e. The molecule has 1 unspecified atom stereocenters. The van der Waals surface area contributed by atoms with Crippen molar-refractivity contribution in [2.45, 2.75) is 44.7 Å². The molecule has 1 N–H and O–H groups in total. The highest BCUT2D eigenvalue weighted by molar-refractivity contribution is 7.99. The molecule has 2 aliphatic rings. The van der Waals surface area contributed by atoms with E-state index in [0.717, 1.165) is 36.1 Å². The van der Waals surface area contributed by atoms with Gasteiger partial charge < -0.3 is 10.2 Å². The second-order valence-corrected chi connectivity index (χ2v) is 10.5. The molecule has 2 amide bonds. The molecular weight excluding hydrogens is 470 g/mol. The molecule has 1 aliphatic heterocycles. The van der Waals surface area contributed by atoms with E-state index in [-0.39, 0.29) is 30.3 Å². The van der Waals surface area contributed by atoms with Crippen LogP contribution in [0.5, 0.6) is 0 Å². The number of anilines is 1. The Morgan fingerprint density at radius 1 is 1.21 bits per heavy atom. The lowest BCUT2D eigenvalue weighted by Gasteiger charge is -2.23. The number of carbonyl (C=O) groups is 2. The molecule has 8 nitrogen and oxygen atoms in total. The minimum Gasteiger partial charge on any atom is -0.324 e. The number of fused-ring (bicyclic) bond motifs is 3. The van der Waals surface area contributed by atoms with Gasteiger partial charge in [-0.3, -0.25) is 19.0 Å². The van der Waals surface area contributed by atoms with Gasteiger partial charge in [0.2, 0.25) is 11.8 Å². The molecular formula is C24H23N5O3S2. The summed E-state index contributed by atoms with van der Waals surface area (Å²) in [5.41, 5.74) is 2.15. The Kier molecular flexibility index (Phi) is 6.39. The lowest BCUT2D eigenvalue weighted by molar-refractivity contribution is -0.136. The minimum atomic E-state index is -0.575. The van der Waals surface area contributed by atoms with Crippen LogP contribution in [0, 0.1) is 11.3 Å². The summed E-state index contributed by atoms with van der Waals surface area (Å²) < 4.78 is 1.52. The third kappa shape index (κ3) is 4.33. The van der Waals surface area contributed by atoms with E-state index in [4.69, 9.17) is 5.26 Å². The molecule has 0 saturated carbocycles. The zero-order chi connectivity index (χ0) is 23.7. The number of aryl methyl sites for hydroxylation is 3. The highest BCUT2D eigenvalue weighted by Gasteiger charge is 2.34. The highest BCUT2D eigenvalue weighted by Crippen LogP contribution is 2.33. The summed E-state index contributed by atoms with van der Waals surface area (Å²) in [6.45, 7) is 0.232. The van der Waals surface area contributed by atoms with Crippen LogP contribution in [0.4, 0.5) is 5.69 Å². The van der Waals surface area contributed by atoms with Crippen LogP contribution in [0.15, 0.2) is 35.4 Å². The number of thioether (sulfide) groups is 1. The van der Waals surface area contributed by atoms with Crippen molar-refractivity contribution in [3.05, 3.63) is 57.0 Å². The van der Waals surface area contributed by atoms with Gasteiger partial charge in [-0.2, -0.15) is 5.26 Å². The first-order valence-electron chi connectivity index (χ1n) is 11.2. The van der Waals surface area contributed by atoms with Crippen LogP contribution in [0.3, 0.4) is 0 Å². The summed E-state index contributed by atoms with van der Waals surface area (Å²) in [6.07, 6.45) is 5.82. The van der Waals surface area contributed by atoms with Gasteiger partial charge in [-0.15, -0.1) is 23.1 Å². The number of thiophene rings is 1. The molecule has 1 fully saturated rings. The Morgan fingerprint density at radius 2 is 2.00 bits per heavy atom. The van der Waals surface area contributed by atoms with Crippen molar-refractivity contribution >= 4 is 50.8 Å². The summed E-state index contributed by atoms with van der Waals surface area (Å²) in [4.78, 5) is 47.1. The molecule has 1 saturated heterocycles. The molecule has 10 heteroatoms. The van der Waals surface area contributed by atoms with E-state index in [1.807, 2.05) is 6.07 Å². The molecule has 0 radical (unpaired) electrons. The number of aromatic nitrogens is 2. The predicted molar refractivity (Wildman–Crippen MR) is 133 cm³/mol. The Bertz CT molecular complexity index is 1360. The van der Waals surface area contributed by atoms with Crippen molar-refractivity contribution < 1.29 is 9.59 Å². The van der Waals surface area contributed by atoms with E-state index >= 15 is 0 Å². The van der Waals surface area contributed by atoms with Crippen molar-refractivity contribution in [1.82, 2.24) is 14.5 Å². The first-order chi connectivity index (χ1) is 16.5. The summed E-state index contributed by atoms with van der Waals surface area (Å²) in [6, 6.07) is 8.08. The number of carbonyl (C=O) groups excluding carboxylic acids is 2. The smallest absolute Gasteiger partial charge is 0.262 e. The fourth-order valence-electron chi connectivity index (χ4n) is 4.46. The number of nitriles is 1. The number of hydrogen-bond donors (Lipinski definition) is 1. The average molecular weight is 494 g/mol. The minimum absolute atomic E-state index is 0.0805. The third-order valence-corrected chi connectivity index (χ3v) is 8.51. The van der Waals surface area contributed by atoms with Crippen molar-refractivity contribution in [2.24, 2.45) is 0 Å². The second-order valence-electron chi connectivity index (χ2n) is 8.44. The van der Waals surface area contributed by atoms with E-state index in [0.29, 0.717) is 28.3 Å². The van der Waals surface area contributed by atoms with Gasteiger partial charge >= 0.3 is 0 Å². The van der Waals surface area contributed by atoms with E-state index in [2.05, 4.69) is 10.3 Å². The number of benzene rings is 1. The highest BCUT2D eigenvalue weighted by atomic mass is 32.2.